The minimum Gasteiger partial charge on any atom is -0.461 e. The third-order valence-electron chi connectivity index (χ3n) is 7.46. The van der Waals surface area contributed by atoms with Gasteiger partial charge in [-0.15, -0.1) is 0 Å². The molecule has 1 aliphatic rings. The van der Waals surface area contributed by atoms with Crippen LogP contribution < -0.4 is 27.0 Å². The van der Waals surface area contributed by atoms with Crippen molar-refractivity contribution in [1.29, 1.82) is 0 Å². The highest BCUT2D eigenvalue weighted by Gasteiger charge is 2.37. The highest BCUT2D eigenvalue weighted by atomic mass is 32.2. The van der Waals surface area contributed by atoms with E-state index in [1.54, 1.807) is 38.1 Å². The van der Waals surface area contributed by atoms with E-state index in [-0.39, 0.29) is 49.0 Å². The molecule has 14 nitrogen and oxygen atoms in total. The molecule has 15 heteroatoms. The van der Waals surface area contributed by atoms with E-state index in [1.807, 2.05) is 6.26 Å². The molecule has 256 valence electrons. The Hall–Kier alpha value is -3.85. The van der Waals surface area contributed by atoms with Crippen LogP contribution in [-0.2, 0) is 35.3 Å². The summed E-state index contributed by atoms with van der Waals surface area (Å²) in [5, 5.41) is 20.7. The number of nitrogens with zero attached hydrogens (tertiary/aromatic N) is 1. The van der Waals surface area contributed by atoms with Crippen LogP contribution in [0.3, 0.4) is 0 Å². The molecule has 46 heavy (non-hydrogen) atoms. The van der Waals surface area contributed by atoms with E-state index in [9.17, 15) is 33.9 Å². The standard InChI is InChI=1S/C31H48N6O8S/c1-19(2)27(36-25(39)10-6-5-7-16-37-26(40)17-24(46-4)30(37)43)29(42)35-23(9-8-15-33-31(32)44)28(41)34-22-13-11-21(12-14-22)18-45-20(3)38/h11-14,19,23-24,26-27,40H,5-10,15-18H2,1-4H3,(H,34,41)(H,35,42)(H,36,39)(H3,32,33,44)/t23-,24?,26?,27-/m0/s1. The quantitative estimate of drug-likeness (QED) is 0.0936. The first-order valence-electron chi connectivity index (χ1n) is 15.5. The molecule has 2 unspecified atom stereocenters. The van der Waals surface area contributed by atoms with E-state index >= 15 is 0 Å². The molecule has 1 aromatic rings. The van der Waals surface area contributed by atoms with Crippen molar-refractivity contribution in [3.05, 3.63) is 29.8 Å². The van der Waals surface area contributed by atoms with Gasteiger partial charge in [-0.05, 0) is 55.6 Å². The summed E-state index contributed by atoms with van der Waals surface area (Å²) < 4.78 is 4.97. The average molecular weight is 665 g/mol. The summed E-state index contributed by atoms with van der Waals surface area (Å²) >= 11 is 1.43. The molecule has 0 aromatic heterocycles. The normalized spacial score (nSPS) is 17.3. The van der Waals surface area contributed by atoms with Gasteiger partial charge in [-0.1, -0.05) is 32.4 Å². The molecule has 4 atom stereocenters. The molecular formula is C31H48N6O8S. The maximum atomic E-state index is 13.3. The Kier molecular flexibility index (Phi) is 16.3. The molecule has 7 N–H and O–H groups in total. The molecule has 6 amide bonds. The van der Waals surface area contributed by atoms with E-state index in [0.717, 1.165) is 5.56 Å². The largest absolute Gasteiger partial charge is 0.461 e. The van der Waals surface area contributed by atoms with Crippen LogP contribution in [0.2, 0.25) is 0 Å². The van der Waals surface area contributed by atoms with Crippen molar-refractivity contribution in [1.82, 2.24) is 20.9 Å². The number of hydrogen-bond acceptors (Lipinski definition) is 9. The van der Waals surface area contributed by atoms with Gasteiger partial charge in [0.1, 0.15) is 24.9 Å². The van der Waals surface area contributed by atoms with E-state index < -0.39 is 42.1 Å². The number of primary amides is 1. The number of aliphatic hydroxyl groups excluding tert-OH is 1. The molecule has 1 fully saturated rings. The van der Waals surface area contributed by atoms with Crippen LogP contribution in [0.5, 0.6) is 0 Å². The number of carbonyl (C=O) groups is 6. The second-order valence-electron chi connectivity index (χ2n) is 11.5. The number of unbranched alkanes of at least 4 members (excludes halogenated alkanes) is 2. The lowest BCUT2D eigenvalue weighted by atomic mass is 10.0. The van der Waals surface area contributed by atoms with E-state index in [0.29, 0.717) is 44.3 Å². The fourth-order valence-electron chi connectivity index (χ4n) is 4.88. The number of ether oxygens (including phenoxy) is 1. The lowest BCUT2D eigenvalue weighted by Crippen LogP contribution is -2.54. The number of likely N-dealkylation sites (tertiary alicyclic amines) is 1. The second-order valence-corrected chi connectivity index (χ2v) is 12.6. The Labute approximate surface area is 274 Å². The number of amides is 6. The fourth-order valence-corrected chi connectivity index (χ4v) is 5.58. The Morgan fingerprint density at radius 3 is 2.33 bits per heavy atom. The molecule has 2 rings (SSSR count). The number of thioether (sulfide) groups is 1. The van der Waals surface area contributed by atoms with Crippen LogP contribution in [0.1, 0.15) is 71.3 Å². The minimum atomic E-state index is -0.976. The predicted molar refractivity (Wildman–Crippen MR) is 174 cm³/mol. The van der Waals surface area contributed by atoms with Crippen molar-refractivity contribution in [3.63, 3.8) is 0 Å². The molecule has 0 spiro atoms. The molecule has 1 saturated heterocycles. The molecule has 0 bridgehead atoms. The number of nitrogens with two attached hydrogens (primary N) is 1. The van der Waals surface area contributed by atoms with Gasteiger partial charge in [-0.25, -0.2) is 4.79 Å². The van der Waals surface area contributed by atoms with Crippen molar-refractivity contribution >= 4 is 53.1 Å². The summed E-state index contributed by atoms with van der Waals surface area (Å²) in [6, 6.07) is 4.12. The van der Waals surface area contributed by atoms with Crippen LogP contribution >= 0.6 is 11.8 Å². The fraction of sp³-hybridized carbons (Fsp3) is 0.613. The number of benzene rings is 1. The zero-order chi connectivity index (χ0) is 34.2. The number of rotatable bonds is 19. The van der Waals surface area contributed by atoms with Gasteiger partial charge in [0, 0.05) is 38.5 Å². The highest BCUT2D eigenvalue weighted by molar-refractivity contribution is 7.99. The first kappa shape index (κ1) is 38.3. The van der Waals surface area contributed by atoms with Crippen molar-refractivity contribution in [3.8, 4) is 0 Å². The molecule has 0 radical (unpaired) electrons. The first-order valence-corrected chi connectivity index (χ1v) is 16.8. The third-order valence-corrected chi connectivity index (χ3v) is 8.42. The Bertz CT molecular complexity index is 1200. The Morgan fingerprint density at radius 2 is 1.74 bits per heavy atom. The van der Waals surface area contributed by atoms with Gasteiger partial charge in [0.15, 0.2) is 0 Å². The first-order chi connectivity index (χ1) is 21.8. The van der Waals surface area contributed by atoms with E-state index in [2.05, 4.69) is 21.3 Å². The number of aliphatic hydroxyl groups is 1. The molecule has 1 aromatic carbocycles. The summed E-state index contributed by atoms with van der Waals surface area (Å²) in [5.74, 6) is -2.06. The zero-order valence-electron chi connectivity index (χ0n) is 27.0. The van der Waals surface area contributed by atoms with Crippen molar-refractivity contribution in [2.24, 2.45) is 11.7 Å². The lowest BCUT2D eigenvalue weighted by Gasteiger charge is -2.25. The summed E-state index contributed by atoms with van der Waals surface area (Å²) in [7, 11) is 0. The summed E-state index contributed by atoms with van der Waals surface area (Å²) in [6.45, 7) is 5.61. The van der Waals surface area contributed by atoms with Gasteiger partial charge in [0.2, 0.25) is 23.6 Å². The zero-order valence-corrected chi connectivity index (χ0v) is 27.8. The minimum absolute atomic E-state index is 0.0613. The van der Waals surface area contributed by atoms with E-state index in [1.165, 1.54) is 23.6 Å². The number of urea groups is 1. The highest BCUT2D eigenvalue weighted by Crippen LogP contribution is 2.26. The van der Waals surface area contributed by atoms with Gasteiger partial charge >= 0.3 is 12.0 Å². The second kappa shape index (κ2) is 19.6. The van der Waals surface area contributed by atoms with Crippen LogP contribution in [-0.4, -0.2) is 88.5 Å². The van der Waals surface area contributed by atoms with Gasteiger partial charge < -0.3 is 41.7 Å². The van der Waals surface area contributed by atoms with Crippen molar-refractivity contribution in [2.45, 2.75) is 95.9 Å². The molecular weight excluding hydrogens is 616 g/mol. The number of carbonyl (C=O) groups excluding carboxylic acids is 6. The summed E-state index contributed by atoms with van der Waals surface area (Å²) in [5.41, 5.74) is 6.33. The number of anilines is 1. The number of hydrogen-bond donors (Lipinski definition) is 6. The molecule has 1 heterocycles. The topological polar surface area (TPSA) is 209 Å². The summed E-state index contributed by atoms with van der Waals surface area (Å²) in [6.07, 6.45) is 4.05. The van der Waals surface area contributed by atoms with Gasteiger partial charge in [-0.3, -0.25) is 24.0 Å². The number of nitrogens with one attached hydrogen (secondary N) is 4. The van der Waals surface area contributed by atoms with Crippen LogP contribution in [0.25, 0.3) is 0 Å². The van der Waals surface area contributed by atoms with Crippen LogP contribution in [0, 0.1) is 5.92 Å². The maximum Gasteiger partial charge on any atom is 0.312 e. The van der Waals surface area contributed by atoms with Crippen molar-refractivity contribution < 1.29 is 38.6 Å². The number of esters is 1. The Balaban J connectivity index is 1.93. The maximum absolute atomic E-state index is 13.3. The lowest BCUT2D eigenvalue weighted by molar-refractivity contribution is -0.142. The van der Waals surface area contributed by atoms with Gasteiger partial charge in [0.25, 0.3) is 0 Å². The summed E-state index contributed by atoms with van der Waals surface area (Å²) in [4.78, 5) is 75.2. The van der Waals surface area contributed by atoms with Gasteiger partial charge in [-0.2, -0.15) is 11.8 Å². The average Bonchev–Trinajstić information content (AvgIpc) is 3.28. The smallest absolute Gasteiger partial charge is 0.312 e. The van der Waals surface area contributed by atoms with Crippen LogP contribution in [0.15, 0.2) is 24.3 Å². The molecule has 0 aliphatic carbocycles. The van der Waals surface area contributed by atoms with Crippen molar-refractivity contribution in [2.75, 3.05) is 24.7 Å². The predicted octanol–water partition coefficient (Wildman–Crippen LogP) is 1.61. The van der Waals surface area contributed by atoms with E-state index in [4.69, 9.17) is 10.5 Å². The third kappa shape index (κ3) is 13.3. The molecule has 0 saturated carbocycles. The monoisotopic (exact) mass is 664 g/mol. The van der Waals surface area contributed by atoms with Crippen LogP contribution in [0.4, 0.5) is 10.5 Å². The Morgan fingerprint density at radius 1 is 1.04 bits per heavy atom. The molecule has 1 aliphatic heterocycles. The van der Waals surface area contributed by atoms with Gasteiger partial charge in [0.05, 0.1) is 5.25 Å². The SMILES string of the molecule is CSC1CC(O)N(CCCCCC(=O)N[C@H](C(=O)N[C@@H](CCCNC(N)=O)C(=O)Nc2ccc(COC(C)=O)cc2)C(C)C)C1=O.